The van der Waals surface area contributed by atoms with E-state index in [0.717, 1.165) is 0 Å². The topological polar surface area (TPSA) is 81.2 Å². The maximum atomic E-state index is 12.3. The van der Waals surface area contributed by atoms with E-state index >= 15 is 0 Å². The van der Waals surface area contributed by atoms with Gasteiger partial charge in [0.25, 0.3) is 0 Å². The van der Waals surface area contributed by atoms with E-state index in [9.17, 15) is 9.59 Å². The van der Waals surface area contributed by atoms with Gasteiger partial charge in [-0.2, -0.15) is 0 Å². The first-order valence-electron chi connectivity index (χ1n) is 8.20. The number of aromatic nitrogens is 2. The molecule has 3 rings (SSSR count). The molecule has 1 aromatic heterocycles. The second kappa shape index (κ2) is 9.68. The maximum absolute atomic E-state index is 12.3. The Kier molecular flexibility index (Phi) is 7.02. The maximum Gasteiger partial charge on any atom is 0.248 e. The van der Waals surface area contributed by atoms with Crippen molar-refractivity contribution in [1.82, 2.24) is 10.2 Å². The summed E-state index contributed by atoms with van der Waals surface area (Å²) in [6.45, 7) is 0. The van der Waals surface area contributed by atoms with Gasteiger partial charge in [-0.1, -0.05) is 53.4 Å². The number of carbonyl (C=O) groups is 2. The first kappa shape index (κ1) is 20.3. The van der Waals surface area contributed by atoms with E-state index in [1.54, 1.807) is 43.5 Å². The highest BCUT2D eigenvalue weighted by Crippen LogP contribution is 2.28. The van der Waals surface area contributed by atoms with Gasteiger partial charge in [0, 0.05) is 5.56 Å². The number of ketones is 1. The van der Waals surface area contributed by atoms with Gasteiger partial charge in [-0.15, -0.1) is 21.8 Å². The van der Waals surface area contributed by atoms with Crippen LogP contribution in [0.15, 0.2) is 58.9 Å². The molecule has 1 amide bonds. The second-order valence-electron chi connectivity index (χ2n) is 5.58. The lowest BCUT2D eigenvalue weighted by Crippen LogP contribution is -2.17. The quantitative estimate of drug-likeness (QED) is 0.245. The van der Waals surface area contributed by atoms with Crippen LogP contribution in [-0.2, 0) is 4.79 Å². The van der Waals surface area contributed by atoms with E-state index in [1.807, 2.05) is 18.2 Å². The normalized spacial score (nSPS) is 11.6. The van der Waals surface area contributed by atoms with E-state index in [1.165, 1.54) is 23.1 Å². The number of ether oxygens (including phenoxy) is 1. The van der Waals surface area contributed by atoms with E-state index < -0.39 is 5.38 Å². The number of nitrogens with one attached hydrogen (secondary N) is 1. The van der Waals surface area contributed by atoms with Crippen molar-refractivity contribution in [2.75, 3.05) is 18.2 Å². The number of methoxy groups -OCH3 is 1. The molecule has 2 aromatic carbocycles. The molecule has 6 nitrogen and oxygen atoms in total. The van der Waals surface area contributed by atoms with Gasteiger partial charge < -0.3 is 4.74 Å². The molecule has 0 saturated carbocycles. The number of anilines is 1. The van der Waals surface area contributed by atoms with Gasteiger partial charge in [0.1, 0.15) is 11.1 Å². The molecule has 1 atom stereocenters. The molecule has 28 heavy (non-hydrogen) atoms. The smallest absolute Gasteiger partial charge is 0.248 e. The molecule has 3 aromatic rings. The third kappa shape index (κ3) is 5.31. The van der Waals surface area contributed by atoms with Gasteiger partial charge >= 0.3 is 0 Å². The molecule has 0 radical (unpaired) electrons. The lowest BCUT2D eigenvalue weighted by molar-refractivity contribution is -0.116. The first-order valence-corrected chi connectivity index (χ1v) is 10.4. The van der Waals surface area contributed by atoms with Crippen LogP contribution in [0.3, 0.4) is 0 Å². The van der Waals surface area contributed by atoms with Crippen molar-refractivity contribution in [1.29, 1.82) is 0 Å². The van der Waals surface area contributed by atoms with E-state index in [4.69, 9.17) is 16.3 Å². The average molecular weight is 434 g/mol. The molecule has 0 aliphatic heterocycles. The average Bonchev–Trinajstić information content (AvgIpc) is 3.19. The molecule has 0 saturated heterocycles. The zero-order valence-corrected chi connectivity index (χ0v) is 17.2. The molecule has 0 aliphatic carbocycles. The van der Waals surface area contributed by atoms with Crippen LogP contribution in [0.2, 0.25) is 0 Å². The first-order chi connectivity index (χ1) is 13.6. The fraction of sp³-hybridized carbons (Fsp3) is 0.158. The van der Waals surface area contributed by atoms with Crippen molar-refractivity contribution in [3.05, 3.63) is 65.7 Å². The number of halogens is 1. The summed E-state index contributed by atoms with van der Waals surface area (Å²) in [6, 6.07) is 16.0. The SMILES string of the molecule is COc1ccc(C(=O)CSc2nnc(NC(=O)C(Cl)c3ccccc3)s2)cc1. The predicted octanol–water partition coefficient (Wildman–Crippen LogP) is 4.44. The highest BCUT2D eigenvalue weighted by molar-refractivity contribution is 8.01. The van der Waals surface area contributed by atoms with Crippen LogP contribution < -0.4 is 10.1 Å². The molecule has 0 spiro atoms. The van der Waals surface area contributed by atoms with E-state index in [2.05, 4.69) is 15.5 Å². The van der Waals surface area contributed by atoms with Crippen molar-refractivity contribution in [2.24, 2.45) is 0 Å². The molecule has 9 heteroatoms. The Bertz CT molecular complexity index is 949. The summed E-state index contributed by atoms with van der Waals surface area (Å²) >= 11 is 8.65. The number of hydrogen-bond donors (Lipinski definition) is 1. The van der Waals surface area contributed by atoms with Crippen LogP contribution in [0.5, 0.6) is 5.75 Å². The number of hydrogen-bond acceptors (Lipinski definition) is 7. The van der Waals surface area contributed by atoms with E-state index in [-0.39, 0.29) is 17.4 Å². The molecular formula is C19H16ClN3O3S2. The Morgan fingerprint density at radius 1 is 1.14 bits per heavy atom. The molecule has 0 fully saturated rings. The van der Waals surface area contributed by atoms with Crippen LogP contribution in [-0.4, -0.2) is 34.8 Å². The predicted molar refractivity (Wildman–Crippen MR) is 112 cm³/mol. The summed E-state index contributed by atoms with van der Waals surface area (Å²) in [4.78, 5) is 24.5. The number of benzene rings is 2. The number of carbonyl (C=O) groups excluding carboxylic acids is 2. The highest BCUT2D eigenvalue weighted by atomic mass is 35.5. The minimum absolute atomic E-state index is 0.0293. The van der Waals surface area contributed by atoms with Gasteiger partial charge in [-0.05, 0) is 29.8 Å². The van der Waals surface area contributed by atoms with Crippen molar-refractivity contribution >= 4 is 51.5 Å². The Morgan fingerprint density at radius 2 is 1.86 bits per heavy atom. The molecule has 0 bridgehead atoms. The Morgan fingerprint density at radius 3 is 2.54 bits per heavy atom. The minimum Gasteiger partial charge on any atom is -0.497 e. The lowest BCUT2D eigenvalue weighted by Gasteiger charge is -2.08. The second-order valence-corrected chi connectivity index (χ2v) is 8.21. The summed E-state index contributed by atoms with van der Waals surface area (Å²) in [5.41, 5.74) is 1.30. The Balaban J connectivity index is 1.53. The minimum atomic E-state index is -0.821. The number of nitrogens with zero attached hydrogens (tertiary/aromatic N) is 2. The molecule has 1 N–H and O–H groups in total. The van der Waals surface area contributed by atoms with Crippen molar-refractivity contribution < 1.29 is 14.3 Å². The number of amides is 1. The standard InChI is InChI=1S/C19H16ClN3O3S2/c1-26-14-9-7-12(8-10-14)15(24)11-27-19-23-22-18(28-19)21-17(25)16(20)13-5-3-2-4-6-13/h2-10,16H,11H2,1H3,(H,21,22,25). The number of thioether (sulfide) groups is 1. The molecular weight excluding hydrogens is 418 g/mol. The van der Waals surface area contributed by atoms with E-state index in [0.29, 0.717) is 26.3 Å². The van der Waals surface area contributed by atoms with Crippen LogP contribution in [0, 0.1) is 0 Å². The van der Waals surface area contributed by atoms with Gasteiger partial charge in [0.05, 0.1) is 12.9 Å². The molecule has 1 unspecified atom stereocenters. The van der Waals surface area contributed by atoms with Crippen LogP contribution in [0.4, 0.5) is 5.13 Å². The summed E-state index contributed by atoms with van der Waals surface area (Å²) in [6.07, 6.45) is 0. The molecule has 144 valence electrons. The van der Waals surface area contributed by atoms with Gasteiger partial charge in [-0.3, -0.25) is 14.9 Å². The van der Waals surface area contributed by atoms with Gasteiger partial charge in [-0.25, -0.2) is 0 Å². The van der Waals surface area contributed by atoms with Crippen LogP contribution >= 0.6 is 34.7 Å². The number of rotatable bonds is 8. The Hall–Kier alpha value is -2.42. The monoisotopic (exact) mass is 433 g/mol. The van der Waals surface area contributed by atoms with Crippen molar-refractivity contribution in [3.63, 3.8) is 0 Å². The Labute approximate surface area is 175 Å². The largest absolute Gasteiger partial charge is 0.497 e. The fourth-order valence-corrected chi connectivity index (χ4v) is 4.10. The fourth-order valence-electron chi connectivity index (χ4n) is 2.25. The van der Waals surface area contributed by atoms with Crippen LogP contribution in [0.1, 0.15) is 21.3 Å². The zero-order valence-electron chi connectivity index (χ0n) is 14.8. The summed E-state index contributed by atoms with van der Waals surface area (Å²) in [7, 11) is 1.57. The lowest BCUT2D eigenvalue weighted by atomic mass is 10.1. The zero-order chi connectivity index (χ0) is 19.9. The molecule has 0 aliphatic rings. The van der Waals surface area contributed by atoms with Crippen molar-refractivity contribution in [3.8, 4) is 5.75 Å². The molecule has 1 heterocycles. The summed E-state index contributed by atoms with van der Waals surface area (Å²) in [5, 5.41) is 10.1. The summed E-state index contributed by atoms with van der Waals surface area (Å²) < 4.78 is 5.67. The number of Topliss-reactive ketones (excluding diaryl/α,β-unsaturated/α-hetero) is 1. The highest BCUT2D eigenvalue weighted by Gasteiger charge is 2.19. The third-order valence-electron chi connectivity index (χ3n) is 3.70. The van der Waals surface area contributed by atoms with Gasteiger partial charge in [0.15, 0.2) is 10.1 Å². The van der Waals surface area contributed by atoms with Crippen LogP contribution in [0.25, 0.3) is 0 Å². The third-order valence-corrected chi connectivity index (χ3v) is 6.12. The van der Waals surface area contributed by atoms with Gasteiger partial charge in [0.2, 0.25) is 11.0 Å². The van der Waals surface area contributed by atoms with Crippen molar-refractivity contribution in [2.45, 2.75) is 9.72 Å². The summed E-state index contributed by atoms with van der Waals surface area (Å²) in [5.74, 6) is 0.506. The number of alkyl halides is 1.